The smallest absolute Gasteiger partial charge is 0.417 e. The van der Waals surface area contributed by atoms with Crippen LogP contribution in [0.15, 0.2) is 63.7 Å². The van der Waals surface area contributed by atoms with Crippen molar-refractivity contribution in [2.24, 2.45) is 0 Å². The molecule has 2 aromatic carbocycles. The van der Waals surface area contributed by atoms with E-state index in [2.05, 4.69) is 27.8 Å². The Bertz CT molecular complexity index is 1210. The van der Waals surface area contributed by atoms with Crippen LogP contribution in [0.4, 0.5) is 13.2 Å². The number of ether oxygens (including phenoxy) is 2. The second kappa shape index (κ2) is 11.2. The molecule has 3 nitrogen and oxygen atoms in total. The van der Waals surface area contributed by atoms with Gasteiger partial charge in [-0.15, -0.1) is 0 Å². The third-order valence-electron chi connectivity index (χ3n) is 4.99. The average molecular weight is 596 g/mol. The number of hydrogen-bond acceptors (Lipinski definition) is 3. The predicted molar refractivity (Wildman–Crippen MR) is 132 cm³/mol. The van der Waals surface area contributed by atoms with Crippen LogP contribution < -0.4 is 9.47 Å². The molecule has 0 saturated heterocycles. The number of alkyl halides is 3. The largest absolute Gasteiger partial charge is 0.488 e. The summed E-state index contributed by atoms with van der Waals surface area (Å²) in [7, 11) is 0. The van der Waals surface area contributed by atoms with E-state index in [0.717, 1.165) is 27.2 Å². The second-order valence-electron chi connectivity index (χ2n) is 7.35. The summed E-state index contributed by atoms with van der Waals surface area (Å²) in [6.07, 6.45) is -2.29. The minimum atomic E-state index is -4.53. The molecule has 34 heavy (non-hydrogen) atoms. The highest BCUT2D eigenvalue weighted by Crippen LogP contribution is 2.37. The molecule has 0 aliphatic rings. The fraction of sp³-hybridized carbons (Fsp3) is 0.208. The number of pyridine rings is 1. The Labute approximate surface area is 218 Å². The fourth-order valence-corrected chi connectivity index (χ4v) is 4.08. The first kappa shape index (κ1) is 26.7. The molecule has 1 heterocycles. The van der Waals surface area contributed by atoms with Crippen LogP contribution in [0.25, 0.3) is 0 Å². The van der Waals surface area contributed by atoms with E-state index < -0.39 is 11.7 Å². The summed E-state index contributed by atoms with van der Waals surface area (Å²) in [6, 6.07) is 12.0. The van der Waals surface area contributed by atoms with Gasteiger partial charge in [0.15, 0.2) is 0 Å². The van der Waals surface area contributed by atoms with Gasteiger partial charge in [-0.3, -0.25) is 0 Å². The van der Waals surface area contributed by atoms with E-state index in [1.165, 1.54) is 0 Å². The van der Waals surface area contributed by atoms with Crippen molar-refractivity contribution in [3.8, 4) is 17.4 Å². The monoisotopic (exact) mass is 593 g/mol. The number of rotatable bonds is 7. The van der Waals surface area contributed by atoms with E-state index in [1.807, 2.05) is 31.2 Å². The van der Waals surface area contributed by atoms with E-state index in [9.17, 15) is 13.2 Å². The van der Waals surface area contributed by atoms with E-state index in [-0.39, 0.29) is 27.9 Å². The number of benzene rings is 2. The zero-order valence-corrected chi connectivity index (χ0v) is 21.7. The molecule has 3 aromatic rings. The van der Waals surface area contributed by atoms with Gasteiger partial charge in [0, 0.05) is 12.1 Å². The van der Waals surface area contributed by atoms with Crippen LogP contribution in [0.5, 0.6) is 17.4 Å². The van der Waals surface area contributed by atoms with E-state index in [4.69, 9.17) is 44.3 Å². The Hall–Kier alpha value is -1.93. The molecule has 0 fully saturated rings. The van der Waals surface area contributed by atoms with Gasteiger partial charge in [-0.25, -0.2) is 4.98 Å². The van der Waals surface area contributed by atoms with Crippen LogP contribution in [0.1, 0.15) is 35.1 Å². The number of halogens is 7. The van der Waals surface area contributed by atoms with Crippen molar-refractivity contribution in [3.63, 3.8) is 0 Å². The molecule has 3 rings (SSSR count). The summed E-state index contributed by atoms with van der Waals surface area (Å²) < 4.78 is 50.6. The number of aryl methyl sites for hydroxylation is 1. The third kappa shape index (κ3) is 6.81. The lowest BCUT2D eigenvalue weighted by atomic mass is 9.90. The lowest BCUT2D eigenvalue weighted by Crippen LogP contribution is -2.06. The molecule has 10 heteroatoms. The average Bonchev–Trinajstić information content (AvgIpc) is 2.75. The molecule has 0 saturated carbocycles. The van der Waals surface area contributed by atoms with Gasteiger partial charge in [-0.2, -0.15) is 13.2 Å². The molecule has 180 valence electrons. The Morgan fingerprint density at radius 3 is 2.47 bits per heavy atom. The van der Waals surface area contributed by atoms with Gasteiger partial charge in [0.1, 0.15) is 27.6 Å². The molecular formula is C24H18BrCl3F3NO2. The van der Waals surface area contributed by atoms with Crippen LogP contribution in [-0.2, 0) is 6.18 Å². The molecule has 0 radical (unpaired) electrons. The third-order valence-corrected chi connectivity index (χ3v) is 6.19. The van der Waals surface area contributed by atoms with Crippen LogP contribution in [0.3, 0.4) is 0 Å². The highest BCUT2D eigenvalue weighted by atomic mass is 79.9. The Morgan fingerprint density at radius 1 is 1.15 bits per heavy atom. The minimum Gasteiger partial charge on any atom is -0.488 e. The number of nitrogens with zero attached hydrogens (tertiary/aromatic N) is 1. The molecule has 0 amide bonds. The van der Waals surface area contributed by atoms with Crippen molar-refractivity contribution in [1.82, 2.24) is 4.98 Å². The Kier molecular flexibility index (Phi) is 8.79. The maximum Gasteiger partial charge on any atom is 0.417 e. The van der Waals surface area contributed by atoms with Gasteiger partial charge in [0.25, 0.3) is 0 Å². The van der Waals surface area contributed by atoms with Crippen molar-refractivity contribution >= 4 is 50.7 Å². The predicted octanol–water partition coefficient (Wildman–Crippen LogP) is 9.47. The molecule has 1 atom stereocenters. The van der Waals surface area contributed by atoms with Crippen molar-refractivity contribution < 1.29 is 22.6 Å². The fourth-order valence-electron chi connectivity index (χ4n) is 3.24. The quantitative estimate of drug-likeness (QED) is 0.273. The highest BCUT2D eigenvalue weighted by molar-refractivity contribution is 9.10. The summed E-state index contributed by atoms with van der Waals surface area (Å²) in [5.41, 5.74) is 2.10. The first-order valence-electron chi connectivity index (χ1n) is 9.90. The zero-order chi connectivity index (χ0) is 25.0. The maximum atomic E-state index is 12.8. The SMILES string of the molecule is Cc1cc(Oc2ncc(C(F)(F)F)cc2Cl)ccc1C(C)c1ccc(OCC=C(Cl)Cl)c(Br)c1. The molecule has 0 N–H and O–H groups in total. The van der Waals surface area contributed by atoms with Crippen molar-refractivity contribution in [3.05, 3.63) is 91.0 Å². The van der Waals surface area contributed by atoms with Gasteiger partial charge in [-0.05, 0) is 76.0 Å². The van der Waals surface area contributed by atoms with Crippen LogP contribution in [-0.4, -0.2) is 11.6 Å². The lowest BCUT2D eigenvalue weighted by molar-refractivity contribution is -0.137. The van der Waals surface area contributed by atoms with Crippen molar-refractivity contribution in [2.75, 3.05) is 6.61 Å². The number of hydrogen-bond donors (Lipinski definition) is 0. The normalized spacial score (nSPS) is 12.3. The Balaban J connectivity index is 1.76. The van der Waals surface area contributed by atoms with E-state index in [1.54, 1.807) is 18.2 Å². The summed E-state index contributed by atoms with van der Waals surface area (Å²) in [5, 5.41) is -0.221. The number of aromatic nitrogens is 1. The van der Waals surface area contributed by atoms with Crippen LogP contribution in [0, 0.1) is 6.92 Å². The van der Waals surface area contributed by atoms with Gasteiger partial charge < -0.3 is 9.47 Å². The second-order valence-corrected chi connectivity index (χ2v) is 9.61. The Morgan fingerprint density at radius 2 is 1.88 bits per heavy atom. The zero-order valence-electron chi connectivity index (χ0n) is 17.9. The molecule has 1 aromatic heterocycles. The highest BCUT2D eigenvalue weighted by Gasteiger charge is 2.31. The van der Waals surface area contributed by atoms with Crippen LogP contribution >= 0.6 is 50.7 Å². The standard InChI is InChI=1S/C24H18BrCl3F3NO2/c1-13-9-17(34-23-20(26)11-16(12-32-23)24(29,30)31)4-5-18(13)14(2)15-3-6-21(19(25)10-15)33-8-7-22(27)28/h3-7,9-12,14H,8H2,1-2H3. The summed E-state index contributed by atoms with van der Waals surface area (Å²) >= 11 is 20.7. The van der Waals surface area contributed by atoms with E-state index >= 15 is 0 Å². The topological polar surface area (TPSA) is 31.4 Å². The summed E-state index contributed by atoms with van der Waals surface area (Å²) in [4.78, 5) is 3.71. The molecule has 0 spiro atoms. The molecular weight excluding hydrogens is 578 g/mol. The van der Waals surface area contributed by atoms with Gasteiger partial charge in [0.05, 0.1) is 10.0 Å². The minimum absolute atomic E-state index is 0.0457. The van der Waals surface area contributed by atoms with Crippen molar-refractivity contribution in [2.45, 2.75) is 25.9 Å². The van der Waals surface area contributed by atoms with E-state index in [0.29, 0.717) is 17.7 Å². The first-order valence-corrected chi connectivity index (χ1v) is 11.8. The first-order chi connectivity index (χ1) is 16.0. The summed E-state index contributed by atoms with van der Waals surface area (Å²) in [6.45, 7) is 4.24. The lowest BCUT2D eigenvalue weighted by Gasteiger charge is -2.18. The molecule has 0 aliphatic carbocycles. The van der Waals surface area contributed by atoms with Crippen LogP contribution in [0.2, 0.25) is 5.02 Å². The molecule has 0 bridgehead atoms. The van der Waals surface area contributed by atoms with Gasteiger partial charge in [0.2, 0.25) is 5.88 Å². The molecule has 1 unspecified atom stereocenters. The molecule has 0 aliphatic heterocycles. The van der Waals surface area contributed by atoms with Gasteiger partial charge >= 0.3 is 6.18 Å². The summed E-state index contributed by atoms with van der Waals surface area (Å²) in [5.74, 6) is 1.02. The van der Waals surface area contributed by atoms with Crippen molar-refractivity contribution in [1.29, 1.82) is 0 Å². The maximum absolute atomic E-state index is 12.8. The van der Waals surface area contributed by atoms with Gasteiger partial charge in [-0.1, -0.05) is 53.9 Å².